The van der Waals surface area contributed by atoms with Gasteiger partial charge in [0.1, 0.15) is 11.6 Å². The Hall–Kier alpha value is -0.900. The van der Waals surface area contributed by atoms with Crippen LogP contribution in [-0.2, 0) is 6.42 Å². The SMILES string of the molecule is CC(N)CC1CCCc2nnc(C3CC3)n21. The topological polar surface area (TPSA) is 56.7 Å². The van der Waals surface area contributed by atoms with Gasteiger partial charge in [-0.25, -0.2) is 0 Å². The molecule has 16 heavy (non-hydrogen) atoms. The molecule has 1 aliphatic carbocycles. The van der Waals surface area contributed by atoms with E-state index < -0.39 is 0 Å². The Bertz CT molecular complexity index is 378. The van der Waals surface area contributed by atoms with Crippen molar-refractivity contribution in [1.29, 1.82) is 0 Å². The van der Waals surface area contributed by atoms with Gasteiger partial charge in [0.25, 0.3) is 0 Å². The van der Waals surface area contributed by atoms with Gasteiger partial charge in [-0.2, -0.15) is 0 Å². The average Bonchev–Trinajstić information content (AvgIpc) is 2.98. The molecule has 1 saturated carbocycles. The first kappa shape index (κ1) is 10.3. The summed E-state index contributed by atoms with van der Waals surface area (Å²) < 4.78 is 2.41. The predicted molar refractivity (Wildman–Crippen MR) is 62.2 cm³/mol. The van der Waals surface area contributed by atoms with E-state index >= 15 is 0 Å². The predicted octanol–water partition coefficient (Wildman–Crippen LogP) is 1.77. The zero-order valence-corrected chi connectivity index (χ0v) is 9.89. The van der Waals surface area contributed by atoms with Crippen LogP contribution in [0.3, 0.4) is 0 Å². The maximum absolute atomic E-state index is 5.94. The van der Waals surface area contributed by atoms with Crippen molar-refractivity contribution < 1.29 is 0 Å². The number of hydrogen-bond donors (Lipinski definition) is 1. The number of aryl methyl sites for hydroxylation is 1. The summed E-state index contributed by atoms with van der Waals surface area (Å²) in [6.45, 7) is 2.09. The van der Waals surface area contributed by atoms with Gasteiger partial charge >= 0.3 is 0 Å². The minimum absolute atomic E-state index is 0.269. The highest BCUT2D eigenvalue weighted by Gasteiger charge is 2.34. The van der Waals surface area contributed by atoms with Gasteiger partial charge in [-0.3, -0.25) is 0 Å². The molecule has 0 amide bonds. The summed E-state index contributed by atoms with van der Waals surface area (Å²) in [5.74, 6) is 3.12. The molecule has 4 heteroatoms. The molecule has 1 fully saturated rings. The quantitative estimate of drug-likeness (QED) is 0.844. The largest absolute Gasteiger partial charge is 0.328 e. The number of fused-ring (bicyclic) bond motifs is 1. The molecule has 2 atom stereocenters. The smallest absolute Gasteiger partial charge is 0.136 e. The highest BCUT2D eigenvalue weighted by atomic mass is 15.3. The fraction of sp³-hybridized carbons (Fsp3) is 0.833. The van der Waals surface area contributed by atoms with Crippen molar-refractivity contribution in [2.24, 2.45) is 5.73 Å². The molecule has 0 bridgehead atoms. The van der Waals surface area contributed by atoms with Crippen molar-refractivity contribution >= 4 is 0 Å². The van der Waals surface area contributed by atoms with Crippen LogP contribution in [0.15, 0.2) is 0 Å². The Morgan fingerprint density at radius 1 is 1.38 bits per heavy atom. The fourth-order valence-electron chi connectivity index (χ4n) is 2.80. The summed E-state index contributed by atoms with van der Waals surface area (Å²) in [5, 5.41) is 8.74. The van der Waals surface area contributed by atoms with E-state index in [0.717, 1.165) is 12.8 Å². The molecule has 4 nitrogen and oxygen atoms in total. The Morgan fingerprint density at radius 2 is 2.19 bits per heavy atom. The lowest BCUT2D eigenvalue weighted by Gasteiger charge is -2.27. The Labute approximate surface area is 96.2 Å². The normalized spacial score (nSPS) is 26.5. The first-order valence-electron chi connectivity index (χ1n) is 6.45. The van der Waals surface area contributed by atoms with E-state index in [1.54, 1.807) is 0 Å². The van der Waals surface area contributed by atoms with E-state index in [-0.39, 0.29) is 6.04 Å². The molecule has 0 saturated heterocycles. The highest BCUT2D eigenvalue weighted by molar-refractivity contribution is 5.11. The van der Waals surface area contributed by atoms with Gasteiger partial charge in [-0.1, -0.05) is 0 Å². The molecular weight excluding hydrogens is 200 g/mol. The lowest BCUT2D eigenvalue weighted by Crippen LogP contribution is -2.26. The minimum Gasteiger partial charge on any atom is -0.328 e. The Kier molecular flexibility index (Phi) is 2.46. The van der Waals surface area contributed by atoms with E-state index in [1.807, 2.05) is 0 Å². The number of aromatic nitrogens is 3. The monoisotopic (exact) mass is 220 g/mol. The third-order valence-electron chi connectivity index (χ3n) is 3.68. The Morgan fingerprint density at radius 3 is 2.88 bits per heavy atom. The van der Waals surface area contributed by atoms with Gasteiger partial charge in [-0.05, 0) is 39.0 Å². The summed E-state index contributed by atoms with van der Waals surface area (Å²) >= 11 is 0. The lowest BCUT2D eigenvalue weighted by molar-refractivity contribution is 0.347. The van der Waals surface area contributed by atoms with Crippen molar-refractivity contribution in [3.05, 3.63) is 11.6 Å². The van der Waals surface area contributed by atoms with Crippen LogP contribution < -0.4 is 5.73 Å². The van der Waals surface area contributed by atoms with Gasteiger partial charge in [0, 0.05) is 24.4 Å². The molecule has 1 aromatic rings. The molecule has 1 aliphatic heterocycles. The molecule has 2 unspecified atom stereocenters. The second-order valence-corrected chi connectivity index (χ2v) is 5.38. The van der Waals surface area contributed by atoms with Crippen LogP contribution in [0.5, 0.6) is 0 Å². The van der Waals surface area contributed by atoms with Gasteiger partial charge in [-0.15, -0.1) is 10.2 Å². The fourth-order valence-corrected chi connectivity index (χ4v) is 2.80. The van der Waals surface area contributed by atoms with E-state index in [9.17, 15) is 0 Å². The third kappa shape index (κ3) is 1.75. The molecular formula is C12H20N4. The zero-order valence-electron chi connectivity index (χ0n) is 9.89. The molecule has 3 rings (SSSR count). The van der Waals surface area contributed by atoms with Crippen LogP contribution >= 0.6 is 0 Å². The Balaban J connectivity index is 1.91. The maximum Gasteiger partial charge on any atom is 0.136 e. The summed E-state index contributed by atoms with van der Waals surface area (Å²) in [6, 6.07) is 0.819. The van der Waals surface area contributed by atoms with Crippen molar-refractivity contribution in [2.75, 3.05) is 0 Å². The number of nitrogens with two attached hydrogens (primary N) is 1. The third-order valence-corrected chi connectivity index (χ3v) is 3.68. The molecule has 2 aliphatic rings. The number of nitrogens with zero attached hydrogens (tertiary/aromatic N) is 3. The van der Waals surface area contributed by atoms with Crippen LogP contribution in [0, 0.1) is 0 Å². The van der Waals surface area contributed by atoms with E-state index in [0.29, 0.717) is 12.0 Å². The molecule has 88 valence electrons. The molecule has 1 aromatic heterocycles. The van der Waals surface area contributed by atoms with Crippen LogP contribution in [0.1, 0.15) is 62.6 Å². The molecule has 0 spiro atoms. The second kappa shape index (κ2) is 3.84. The van der Waals surface area contributed by atoms with Gasteiger partial charge in [0.15, 0.2) is 0 Å². The first-order chi connectivity index (χ1) is 7.75. The zero-order chi connectivity index (χ0) is 11.1. The second-order valence-electron chi connectivity index (χ2n) is 5.38. The van der Waals surface area contributed by atoms with Gasteiger partial charge in [0.2, 0.25) is 0 Å². The van der Waals surface area contributed by atoms with Crippen molar-refractivity contribution in [3.8, 4) is 0 Å². The molecule has 2 N–H and O–H groups in total. The minimum atomic E-state index is 0.269. The first-order valence-corrected chi connectivity index (χ1v) is 6.45. The molecule has 2 heterocycles. The summed E-state index contributed by atoms with van der Waals surface area (Å²) in [4.78, 5) is 0. The van der Waals surface area contributed by atoms with Crippen LogP contribution in [0.2, 0.25) is 0 Å². The standard InChI is InChI=1S/C12H20N4/c1-8(13)7-10-3-2-4-11-14-15-12(16(10)11)9-5-6-9/h8-10H,2-7,13H2,1H3. The highest BCUT2D eigenvalue weighted by Crippen LogP contribution is 2.42. The molecule has 0 aromatic carbocycles. The van der Waals surface area contributed by atoms with Crippen LogP contribution in [0.25, 0.3) is 0 Å². The van der Waals surface area contributed by atoms with Gasteiger partial charge in [0.05, 0.1) is 0 Å². The van der Waals surface area contributed by atoms with Crippen LogP contribution in [0.4, 0.5) is 0 Å². The van der Waals surface area contributed by atoms with Crippen molar-refractivity contribution in [1.82, 2.24) is 14.8 Å². The summed E-state index contributed by atoms with van der Waals surface area (Å²) in [6.07, 6.45) is 7.22. The number of rotatable bonds is 3. The van der Waals surface area contributed by atoms with E-state index in [4.69, 9.17) is 5.73 Å². The maximum atomic E-state index is 5.94. The summed E-state index contributed by atoms with van der Waals surface area (Å²) in [5.41, 5.74) is 5.94. The van der Waals surface area contributed by atoms with E-state index in [1.165, 1.54) is 37.3 Å². The lowest BCUT2D eigenvalue weighted by atomic mass is 9.98. The summed E-state index contributed by atoms with van der Waals surface area (Å²) in [7, 11) is 0. The molecule has 0 radical (unpaired) electrons. The number of hydrogen-bond acceptors (Lipinski definition) is 3. The average molecular weight is 220 g/mol. The van der Waals surface area contributed by atoms with Crippen LogP contribution in [-0.4, -0.2) is 20.8 Å². The van der Waals surface area contributed by atoms with Crippen molar-refractivity contribution in [2.45, 2.75) is 63.5 Å². The van der Waals surface area contributed by atoms with E-state index in [2.05, 4.69) is 21.7 Å². The van der Waals surface area contributed by atoms with Gasteiger partial charge < -0.3 is 10.3 Å². The van der Waals surface area contributed by atoms with Crippen molar-refractivity contribution in [3.63, 3.8) is 0 Å².